The van der Waals surface area contributed by atoms with Crippen LogP contribution >= 0.6 is 11.3 Å². The fraction of sp³-hybridized carbons (Fsp3) is 0.324. The SMILES string of the molecule is CCCOc1ccc(/C(O)=C2\C(=O)C(=O)N(c3nc4ccc(OCC)cc4s3)C2c2cccc(OCCC(C)C)c2)cc1. The third-order valence-electron chi connectivity index (χ3n) is 7.05. The van der Waals surface area contributed by atoms with E-state index in [4.69, 9.17) is 19.2 Å². The number of anilines is 1. The average molecular weight is 601 g/mol. The maximum absolute atomic E-state index is 13.7. The lowest BCUT2D eigenvalue weighted by molar-refractivity contribution is -0.132. The summed E-state index contributed by atoms with van der Waals surface area (Å²) >= 11 is 1.29. The molecule has 9 heteroatoms. The van der Waals surface area contributed by atoms with Gasteiger partial charge in [-0.2, -0.15) is 0 Å². The smallest absolute Gasteiger partial charge is 0.301 e. The number of ketones is 1. The zero-order valence-corrected chi connectivity index (χ0v) is 25.6. The molecule has 0 bridgehead atoms. The van der Waals surface area contributed by atoms with Crippen molar-refractivity contribution >= 4 is 44.1 Å². The number of nitrogens with zero attached hydrogens (tertiary/aromatic N) is 2. The average Bonchev–Trinajstić information content (AvgIpc) is 3.53. The van der Waals surface area contributed by atoms with Gasteiger partial charge in [-0.1, -0.05) is 44.2 Å². The summed E-state index contributed by atoms with van der Waals surface area (Å²) in [5.74, 6) is 0.643. The van der Waals surface area contributed by atoms with E-state index in [0.717, 1.165) is 17.5 Å². The van der Waals surface area contributed by atoms with Crippen LogP contribution in [0.25, 0.3) is 16.0 Å². The molecule has 43 heavy (non-hydrogen) atoms. The Hall–Kier alpha value is -4.37. The van der Waals surface area contributed by atoms with E-state index in [1.807, 2.05) is 56.3 Å². The van der Waals surface area contributed by atoms with E-state index in [0.29, 0.717) is 64.8 Å². The molecular weight excluding hydrogens is 564 g/mol. The Morgan fingerprint density at radius 1 is 0.930 bits per heavy atom. The standard InChI is InChI=1S/C34H36N2O6S/c1-5-17-41-24-12-10-22(11-13-24)31(37)29-30(23-8-7-9-25(19-23)42-18-16-21(3)4)36(33(39)32(29)38)34-35-27-15-14-26(40-6-2)20-28(27)43-34/h7-15,19-21,30,37H,5-6,16-18H2,1-4H3/b31-29+. The highest BCUT2D eigenvalue weighted by molar-refractivity contribution is 7.22. The molecule has 1 unspecified atom stereocenters. The van der Waals surface area contributed by atoms with Crippen molar-refractivity contribution in [2.24, 2.45) is 5.92 Å². The summed E-state index contributed by atoms with van der Waals surface area (Å²) in [6.45, 7) is 9.82. The Balaban J connectivity index is 1.60. The number of rotatable bonds is 12. The number of Topliss-reactive ketones (excluding diaryl/α,β-unsaturated/α-hetero) is 1. The summed E-state index contributed by atoms with van der Waals surface area (Å²) in [6.07, 6.45) is 1.75. The molecule has 4 aromatic rings. The van der Waals surface area contributed by atoms with Crippen molar-refractivity contribution < 1.29 is 28.9 Å². The number of ether oxygens (including phenoxy) is 3. The van der Waals surface area contributed by atoms with Crippen LogP contribution in [0.2, 0.25) is 0 Å². The van der Waals surface area contributed by atoms with Crippen LogP contribution in [0.3, 0.4) is 0 Å². The zero-order chi connectivity index (χ0) is 30.5. The van der Waals surface area contributed by atoms with Gasteiger partial charge in [0.15, 0.2) is 5.13 Å². The number of hydrogen-bond donors (Lipinski definition) is 1. The number of carbonyl (C=O) groups excluding carboxylic acids is 2. The van der Waals surface area contributed by atoms with Gasteiger partial charge in [0.05, 0.1) is 41.7 Å². The number of benzene rings is 3. The summed E-state index contributed by atoms with van der Waals surface area (Å²) < 4.78 is 18.1. The van der Waals surface area contributed by atoms with Crippen LogP contribution in [0.15, 0.2) is 72.3 Å². The van der Waals surface area contributed by atoms with Crippen LogP contribution in [0.1, 0.15) is 57.7 Å². The quantitative estimate of drug-likeness (QED) is 0.102. The van der Waals surface area contributed by atoms with Crippen LogP contribution in [0.5, 0.6) is 17.2 Å². The van der Waals surface area contributed by atoms with Crippen LogP contribution < -0.4 is 19.1 Å². The van der Waals surface area contributed by atoms with Gasteiger partial charge < -0.3 is 19.3 Å². The number of hydrogen-bond acceptors (Lipinski definition) is 8. The second-order valence-corrected chi connectivity index (χ2v) is 11.7. The van der Waals surface area contributed by atoms with Crippen molar-refractivity contribution in [2.75, 3.05) is 24.7 Å². The van der Waals surface area contributed by atoms with E-state index in [1.54, 1.807) is 24.3 Å². The molecule has 1 amide bonds. The molecular formula is C34H36N2O6S. The largest absolute Gasteiger partial charge is 0.507 e. The molecule has 1 aliphatic rings. The first-order chi connectivity index (χ1) is 20.8. The molecule has 1 aromatic heterocycles. The predicted molar refractivity (Wildman–Crippen MR) is 169 cm³/mol. The van der Waals surface area contributed by atoms with Gasteiger partial charge in [0.1, 0.15) is 23.0 Å². The Labute approximate surface area is 255 Å². The van der Waals surface area contributed by atoms with Crippen LogP contribution in [0, 0.1) is 5.92 Å². The molecule has 0 saturated carbocycles. The third kappa shape index (κ3) is 6.51. The fourth-order valence-corrected chi connectivity index (χ4v) is 5.89. The van der Waals surface area contributed by atoms with Gasteiger partial charge in [-0.05, 0) is 85.8 Å². The van der Waals surface area contributed by atoms with E-state index < -0.39 is 17.7 Å². The monoisotopic (exact) mass is 600 g/mol. The number of aromatic nitrogens is 1. The highest BCUT2D eigenvalue weighted by Gasteiger charge is 2.48. The van der Waals surface area contributed by atoms with Crippen LogP contribution in [-0.2, 0) is 9.59 Å². The molecule has 3 aromatic carbocycles. The molecule has 1 N–H and O–H groups in total. The van der Waals surface area contributed by atoms with E-state index in [9.17, 15) is 14.7 Å². The highest BCUT2D eigenvalue weighted by Crippen LogP contribution is 2.45. The molecule has 2 heterocycles. The van der Waals surface area contributed by atoms with Crippen molar-refractivity contribution in [2.45, 2.75) is 46.6 Å². The van der Waals surface area contributed by atoms with Crippen LogP contribution in [-0.4, -0.2) is 41.6 Å². The number of amides is 1. The summed E-state index contributed by atoms with van der Waals surface area (Å²) in [4.78, 5) is 33.5. The Morgan fingerprint density at radius 2 is 1.65 bits per heavy atom. The van der Waals surface area contributed by atoms with Crippen molar-refractivity contribution in [3.63, 3.8) is 0 Å². The highest BCUT2D eigenvalue weighted by atomic mass is 32.1. The van der Waals surface area contributed by atoms with Gasteiger partial charge in [0.25, 0.3) is 5.78 Å². The maximum Gasteiger partial charge on any atom is 0.301 e. The van der Waals surface area contributed by atoms with E-state index in [1.165, 1.54) is 16.2 Å². The summed E-state index contributed by atoms with van der Waals surface area (Å²) in [7, 11) is 0. The lowest BCUT2D eigenvalue weighted by atomic mass is 9.95. The van der Waals surface area contributed by atoms with Crippen molar-refractivity contribution in [1.82, 2.24) is 4.98 Å². The van der Waals surface area contributed by atoms with Gasteiger partial charge in [0.2, 0.25) is 0 Å². The fourth-order valence-electron chi connectivity index (χ4n) is 4.87. The minimum absolute atomic E-state index is 0.0131. The van der Waals surface area contributed by atoms with E-state index >= 15 is 0 Å². The number of aliphatic hydroxyl groups excluding tert-OH is 1. The van der Waals surface area contributed by atoms with Gasteiger partial charge >= 0.3 is 5.91 Å². The first-order valence-electron chi connectivity index (χ1n) is 14.6. The number of carbonyl (C=O) groups is 2. The summed E-state index contributed by atoms with van der Waals surface area (Å²) in [6, 6.07) is 18.8. The molecule has 1 saturated heterocycles. The number of aliphatic hydroxyl groups is 1. The van der Waals surface area contributed by atoms with Crippen LogP contribution in [0.4, 0.5) is 5.13 Å². The Kier molecular flexibility index (Phi) is 9.31. The summed E-state index contributed by atoms with van der Waals surface area (Å²) in [5.41, 5.74) is 1.69. The first-order valence-corrected chi connectivity index (χ1v) is 15.4. The predicted octanol–water partition coefficient (Wildman–Crippen LogP) is 7.54. The zero-order valence-electron chi connectivity index (χ0n) is 24.8. The minimum atomic E-state index is -0.920. The number of thiazole rings is 1. The lowest BCUT2D eigenvalue weighted by Crippen LogP contribution is -2.29. The first kappa shape index (κ1) is 30.1. The molecule has 0 aliphatic carbocycles. The second kappa shape index (κ2) is 13.3. The Morgan fingerprint density at radius 3 is 2.37 bits per heavy atom. The third-order valence-corrected chi connectivity index (χ3v) is 8.07. The van der Waals surface area contributed by atoms with Gasteiger partial charge in [-0.25, -0.2) is 4.98 Å². The summed E-state index contributed by atoms with van der Waals surface area (Å²) in [5, 5.41) is 11.9. The normalized spacial score (nSPS) is 16.3. The Bertz CT molecular complexity index is 1640. The van der Waals surface area contributed by atoms with Gasteiger partial charge in [0, 0.05) is 5.56 Å². The minimum Gasteiger partial charge on any atom is -0.507 e. The molecule has 1 fully saturated rings. The molecule has 0 radical (unpaired) electrons. The molecule has 1 aliphatic heterocycles. The molecule has 8 nitrogen and oxygen atoms in total. The molecule has 5 rings (SSSR count). The lowest BCUT2D eigenvalue weighted by Gasteiger charge is -2.23. The van der Waals surface area contributed by atoms with Gasteiger partial charge in [-0.3, -0.25) is 14.5 Å². The van der Waals surface area contributed by atoms with E-state index in [2.05, 4.69) is 13.8 Å². The topological polar surface area (TPSA) is 98.2 Å². The van der Waals surface area contributed by atoms with E-state index in [-0.39, 0.29) is 11.3 Å². The number of fused-ring (bicyclic) bond motifs is 1. The molecule has 224 valence electrons. The van der Waals surface area contributed by atoms with Crippen molar-refractivity contribution in [3.8, 4) is 17.2 Å². The molecule has 1 atom stereocenters. The van der Waals surface area contributed by atoms with Crippen molar-refractivity contribution in [3.05, 3.63) is 83.4 Å². The molecule has 0 spiro atoms. The second-order valence-electron chi connectivity index (χ2n) is 10.7. The maximum atomic E-state index is 13.7. The van der Waals surface area contributed by atoms with Gasteiger partial charge in [-0.15, -0.1) is 0 Å². The van der Waals surface area contributed by atoms with Crippen molar-refractivity contribution in [1.29, 1.82) is 0 Å².